The van der Waals surface area contributed by atoms with E-state index in [-0.39, 0.29) is 48.1 Å². The Labute approximate surface area is 175 Å². The first-order valence-electron chi connectivity index (χ1n) is 8.81. The van der Waals surface area contributed by atoms with E-state index in [2.05, 4.69) is 15.6 Å². The van der Waals surface area contributed by atoms with Crippen LogP contribution in [0.2, 0.25) is 5.02 Å². The van der Waals surface area contributed by atoms with Crippen LogP contribution in [0.3, 0.4) is 0 Å². The molecule has 2 amide bonds. The zero-order valence-electron chi connectivity index (χ0n) is 15.6. The molecule has 7 nitrogen and oxygen atoms in total. The highest BCUT2D eigenvalue weighted by atomic mass is 35.5. The molecule has 0 aliphatic rings. The second kappa shape index (κ2) is 11.4. The van der Waals surface area contributed by atoms with Gasteiger partial charge in [0, 0.05) is 30.9 Å². The van der Waals surface area contributed by atoms with Crippen molar-refractivity contribution in [1.29, 1.82) is 0 Å². The van der Waals surface area contributed by atoms with Crippen LogP contribution in [0.4, 0.5) is 13.2 Å². The predicted molar refractivity (Wildman–Crippen MR) is 102 cm³/mol. The van der Waals surface area contributed by atoms with Gasteiger partial charge in [-0.2, -0.15) is 0 Å². The van der Waals surface area contributed by atoms with Crippen molar-refractivity contribution in [2.24, 2.45) is 0 Å². The van der Waals surface area contributed by atoms with Crippen LogP contribution >= 0.6 is 11.6 Å². The maximum Gasteiger partial charge on any atom is 0.269 e. The molecular formula is C19H19ClF3N3O4. The zero-order chi connectivity index (χ0) is 22.1. The molecule has 11 heteroatoms. The van der Waals surface area contributed by atoms with Crippen LogP contribution in [0.25, 0.3) is 0 Å². The normalized spacial score (nSPS) is 11.8. The van der Waals surface area contributed by atoms with E-state index in [0.717, 1.165) is 18.3 Å². The summed E-state index contributed by atoms with van der Waals surface area (Å²) < 4.78 is 43.3. The smallest absolute Gasteiger partial charge is 0.269 e. The maximum atomic E-state index is 13.3. The van der Waals surface area contributed by atoms with Crippen molar-refractivity contribution in [1.82, 2.24) is 15.6 Å². The Morgan fingerprint density at radius 2 is 1.97 bits per heavy atom. The lowest BCUT2D eigenvalue weighted by Crippen LogP contribution is -2.37. The van der Waals surface area contributed by atoms with Crippen LogP contribution in [-0.4, -0.2) is 47.7 Å². The number of nitrogens with one attached hydrogen (secondary N) is 2. The highest BCUT2D eigenvalue weighted by Gasteiger charge is 2.12. The molecule has 1 aromatic carbocycles. The number of aliphatic hydroxyl groups excluding tert-OH is 1. The lowest BCUT2D eigenvalue weighted by atomic mass is 10.2. The van der Waals surface area contributed by atoms with Crippen molar-refractivity contribution >= 4 is 23.4 Å². The number of carbonyl (C=O) groups excluding carboxylic acids is 2. The van der Waals surface area contributed by atoms with Crippen LogP contribution in [0, 0.1) is 5.82 Å². The van der Waals surface area contributed by atoms with Crippen LogP contribution < -0.4 is 15.4 Å². The van der Waals surface area contributed by atoms with Crippen molar-refractivity contribution < 1.29 is 32.6 Å². The summed E-state index contributed by atoms with van der Waals surface area (Å²) in [5.74, 6) is -1.65. The molecule has 0 aliphatic heterocycles. The van der Waals surface area contributed by atoms with Gasteiger partial charge in [-0.25, -0.2) is 13.2 Å². The van der Waals surface area contributed by atoms with Gasteiger partial charge in [-0.05, 0) is 30.7 Å². The Balaban J connectivity index is 1.64. The van der Waals surface area contributed by atoms with Gasteiger partial charge in [0.1, 0.15) is 17.3 Å². The highest BCUT2D eigenvalue weighted by Crippen LogP contribution is 2.20. The lowest BCUT2D eigenvalue weighted by Gasteiger charge is -2.13. The van der Waals surface area contributed by atoms with E-state index in [1.165, 1.54) is 18.2 Å². The molecule has 0 bridgehead atoms. The van der Waals surface area contributed by atoms with Gasteiger partial charge in [-0.3, -0.25) is 14.6 Å². The van der Waals surface area contributed by atoms with Gasteiger partial charge in [0.2, 0.25) is 0 Å². The summed E-state index contributed by atoms with van der Waals surface area (Å²) in [5.41, 5.74) is -0.319. The van der Waals surface area contributed by atoms with E-state index >= 15 is 0 Å². The molecule has 2 rings (SSSR count). The molecule has 162 valence electrons. The number of benzene rings is 1. The van der Waals surface area contributed by atoms with E-state index in [9.17, 15) is 27.9 Å². The van der Waals surface area contributed by atoms with Gasteiger partial charge in [-0.15, -0.1) is 0 Å². The SMILES string of the molecule is O=C(COc1ccc(Cl)c(F)c1)NC[C@@H](O)CCNC(=O)c1ccc(C(F)F)cn1. The minimum absolute atomic E-state index is 0.0297. The van der Waals surface area contributed by atoms with Crippen molar-refractivity contribution in [3.05, 3.63) is 58.6 Å². The first kappa shape index (κ1) is 23.4. The van der Waals surface area contributed by atoms with E-state index < -0.39 is 30.2 Å². The van der Waals surface area contributed by atoms with Gasteiger partial charge < -0.3 is 20.5 Å². The number of ether oxygens (including phenoxy) is 1. The van der Waals surface area contributed by atoms with Crippen molar-refractivity contribution in [3.63, 3.8) is 0 Å². The number of aromatic nitrogens is 1. The fourth-order valence-corrected chi connectivity index (χ4v) is 2.33. The van der Waals surface area contributed by atoms with Crippen molar-refractivity contribution in [2.45, 2.75) is 19.0 Å². The summed E-state index contributed by atoms with van der Waals surface area (Å²) >= 11 is 5.55. The second-order valence-corrected chi connectivity index (χ2v) is 6.55. The Morgan fingerprint density at radius 1 is 1.20 bits per heavy atom. The largest absolute Gasteiger partial charge is 0.484 e. The summed E-state index contributed by atoms with van der Waals surface area (Å²) in [6.45, 7) is -0.395. The Hall–Kier alpha value is -2.85. The molecule has 1 atom stereocenters. The standard InChI is InChI=1S/C19H19ClF3N3O4/c20-14-3-2-13(7-15(14)21)30-10-17(28)26-9-12(27)5-6-24-19(29)16-4-1-11(8-25-16)18(22)23/h1-4,7-8,12,18,27H,5-6,9-10H2,(H,24,29)(H,26,28)/t12-/m0/s1. The van der Waals surface area contributed by atoms with Crippen molar-refractivity contribution in [2.75, 3.05) is 19.7 Å². The minimum atomic E-state index is -2.67. The number of pyridine rings is 1. The molecule has 30 heavy (non-hydrogen) atoms. The summed E-state index contributed by atoms with van der Waals surface area (Å²) in [6, 6.07) is 6.04. The molecule has 0 spiro atoms. The summed E-state index contributed by atoms with van der Waals surface area (Å²) in [6.07, 6.45) is -2.57. The summed E-state index contributed by atoms with van der Waals surface area (Å²) in [4.78, 5) is 27.2. The highest BCUT2D eigenvalue weighted by molar-refractivity contribution is 6.30. The molecule has 0 aliphatic carbocycles. The topological polar surface area (TPSA) is 101 Å². The third kappa shape index (κ3) is 7.53. The van der Waals surface area contributed by atoms with Crippen molar-refractivity contribution in [3.8, 4) is 5.75 Å². The van der Waals surface area contributed by atoms with Crippen LogP contribution in [0.5, 0.6) is 5.75 Å². The molecular weight excluding hydrogens is 427 g/mol. The predicted octanol–water partition coefficient (Wildman–Crippen LogP) is 2.49. The van der Waals surface area contributed by atoms with Crippen LogP contribution in [0.1, 0.15) is 28.9 Å². The lowest BCUT2D eigenvalue weighted by molar-refractivity contribution is -0.123. The molecule has 0 radical (unpaired) electrons. The number of alkyl halides is 2. The maximum absolute atomic E-state index is 13.3. The Bertz CT molecular complexity index is 869. The molecule has 3 N–H and O–H groups in total. The molecule has 2 aromatic rings. The number of hydrogen-bond acceptors (Lipinski definition) is 5. The quantitative estimate of drug-likeness (QED) is 0.521. The first-order chi connectivity index (χ1) is 14.3. The second-order valence-electron chi connectivity index (χ2n) is 6.14. The monoisotopic (exact) mass is 445 g/mol. The van der Waals surface area contributed by atoms with E-state index in [1.807, 2.05) is 0 Å². The summed E-state index contributed by atoms with van der Waals surface area (Å²) in [7, 11) is 0. The molecule has 1 aromatic heterocycles. The van der Waals surface area contributed by atoms with Gasteiger partial charge in [-0.1, -0.05) is 11.6 Å². The Morgan fingerprint density at radius 3 is 2.60 bits per heavy atom. The molecule has 0 saturated carbocycles. The number of rotatable bonds is 10. The third-order valence-electron chi connectivity index (χ3n) is 3.83. The van der Waals surface area contributed by atoms with Crippen LogP contribution in [0.15, 0.2) is 36.5 Å². The number of amides is 2. The number of nitrogens with zero attached hydrogens (tertiary/aromatic N) is 1. The summed E-state index contributed by atoms with van der Waals surface area (Å²) in [5, 5.41) is 14.7. The fraction of sp³-hybridized carbons (Fsp3) is 0.316. The van der Waals surface area contributed by atoms with Gasteiger partial charge in [0.05, 0.1) is 11.1 Å². The van der Waals surface area contributed by atoms with E-state index in [4.69, 9.17) is 16.3 Å². The molecule has 1 heterocycles. The van der Waals surface area contributed by atoms with E-state index in [0.29, 0.717) is 0 Å². The number of aliphatic hydroxyl groups is 1. The van der Waals surface area contributed by atoms with Gasteiger partial charge in [0.25, 0.3) is 18.2 Å². The fourth-order valence-electron chi connectivity index (χ4n) is 2.21. The average molecular weight is 446 g/mol. The third-order valence-corrected chi connectivity index (χ3v) is 4.14. The number of carbonyl (C=O) groups is 2. The molecule has 0 fully saturated rings. The number of halogens is 4. The molecule has 0 saturated heterocycles. The zero-order valence-corrected chi connectivity index (χ0v) is 16.3. The minimum Gasteiger partial charge on any atom is -0.484 e. The Kier molecular flexibility index (Phi) is 8.88. The average Bonchev–Trinajstić information content (AvgIpc) is 2.73. The van der Waals surface area contributed by atoms with E-state index in [1.54, 1.807) is 0 Å². The van der Waals surface area contributed by atoms with Gasteiger partial charge >= 0.3 is 0 Å². The molecule has 0 unspecified atom stereocenters. The van der Waals surface area contributed by atoms with Crippen LogP contribution in [-0.2, 0) is 4.79 Å². The number of hydrogen-bond donors (Lipinski definition) is 3. The van der Waals surface area contributed by atoms with Gasteiger partial charge in [0.15, 0.2) is 6.61 Å². The first-order valence-corrected chi connectivity index (χ1v) is 9.19.